The number of rotatable bonds is 3. The van der Waals surface area contributed by atoms with Crippen molar-refractivity contribution in [1.29, 1.82) is 0 Å². The van der Waals surface area contributed by atoms with E-state index in [0.717, 1.165) is 31.6 Å². The van der Waals surface area contributed by atoms with E-state index >= 15 is 0 Å². The Morgan fingerprint density at radius 1 is 1.19 bits per heavy atom. The lowest BCUT2D eigenvalue weighted by molar-refractivity contribution is 1.15. The second-order valence-corrected chi connectivity index (χ2v) is 6.30. The van der Waals surface area contributed by atoms with Crippen molar-refractivity contribution in [3.05, 3.63) is 69.3 Å². The highest BCUT2D eigenvalue weighted by molar-refractivity contribution is 9.10. The molecule has 0 unspecified atom stereocenters. The number of nitrogens with one attached hydrogen (secondary N) is 1. The van der Waals surface area contributed by atoms with E-state index in [2.05, 4.69) is 50.5 Å². The van der Waals surface area contributed by atoms with Crippen molar-refractivity contribution in [3.8, 4) is 0 Å². The number of fused-ring (bicyclic) bond motifs is 1. The van der Waals surface area contributed by atoms with Crippen molar-refractivity contribution in [3.63, 3.8) is 0 Å². The van der Waals surface area contributed by atoms with Crippen LogP contribution in [-0.2, 0) is 6.54 Å². The number of benzene rings is 2. The molecule has 0 aliphatic rings. The van der Waals surface area contributed by atoms with E-state index in [4.69, 9.17) is 11.6 Å². The Balaban J connectivity index is 1.88. The van der Waals surface area contributed by atoms with Gasteiger partial charge in [-0.3, -0.25) is 4.98 Å². The molecule has 2 nitrogen and oxygen atoms in total. The molecule has 1 heterocycles. The van der Waals surface area contributed by atoms with Gasteiger partial charge < -0.3 is 5.32 Å². The summed E-state index contributed by atoms with van der Waals surface area (Å²) in [7, 11) is 0. The third-order valence-electron chi connectivity index (χ3n) is 3.36. The average molecular weight is 362 g/mol. The van der Waals surface area contributed by atoms with Crippen LogP contribution in [0.2, 0.25) is 5.02 Å². The molecule has 3 rings (SSSR count). The van der Waals surface area contributed by atoms with Crippen LogP contribution in [0.4, 0.5) is 5.69 Å². The molecule has 1 N–H and O–H groups in total. The molecule has 0 saturated heterocycles. The third kappa shape index (κ3) is 3.20. The molecule has 0 bridgehead atoms. The molecular formula is C17H14BrClN2. The van der Waals surface area contributed by atoms with Crippen LogP contribution >= 0.6 is 27.5 Å². The van der Waals surface area contributed by atoms with E-state index in [9.17, 15) is 0 Å². The summed E-state index contributed by atoms with van der Waals surface area (Å²) in [5.74, 6) is 0. The van der Waals surface area contributed by atoms with E-state index < -0.39 is 0 Å². The summed E-state index contributed by atoms with van der Waals surface area (Å²) in [4.78, 5) is 4.49. The maximum absolute atomic E-state index is 6.27. The highest BCUT2D eigenvalue weighted by atomic mass is 79.9. The van der Waals surface area contributed by atoms with Crippen molar-refractivity contribution in [2.24, 2.45) is 0 Å². The van der Waals surface area contributed by atoms with Crippen LogP contribution in [-0.4, -0.2) is 4.98 Å². The first-order valence-corrected chi connectivity index (χ1v) is 7.84. The standard InChI is InChI=1S/C17H14BrClN2/c1-11-5-6-13(15(19)7-11)9-20-16-4-2-3-12-8-14(18)10-21-17(12)16/h2-8,10,20H,9H2,1H3. The van der Waals surface area contributed by atoms with E-state index in [1.807, 2.05) is 31.3 Å². The van der Waals surface area contributed by atoms with Gasteiger partial charge in [0.25, 0.3) is 0 Å². The number of anilines is 1. The zero-order valence-corrected chi connectivity index (χ0v) is 13.9. The van der Waals surface area contributed by atoms with Crippen molar-refractivity contribution >= 4 is 44.1 Å². The Morgan fingerprint density at radius 2 is 2.05 bits per heavy atom. The fraction of sp³-hybridized carbons (Fsp3) is 0.118. The Bertz CT molecular complexity index is 802. The first kappa shape index (κ1) is 14.4. The number of para-hydroxylation sites is 1. The molecule has 0 fully saturated rings. The van der Waals surface area contributed by atoms with Crippen LogP contribution in [0.3, 0.4) is 0 Å². The van der Waals surface area contributed by atoms with Crippen LogP contribution in [0.15, 0.2) is 53.1 Å². The van der Waals surface area contributed by atoms with Crippen LogP contribution in [0.25, 0.3) is 10.9 Å². The smallest absolute Gasteiger partial charge is 0.0934 e. The van der Waals surface area contributed by atoms with Crippen LogP contribution < -0.4 is 5.32 Å². The Labute approximate surface area is 137 Å². The number of hydrogen-bond acceptors (Lipinski definition) is 2. The molecular weight excluding hydrogens is 348 g/mol. The summed E-state index contributed by atoms with van der Waals surface area (Å²) in [5.41, 5.74) is 4.22. The lowest BCUT2D eigenvalue weighted by atomic mass is 10.1. The molecule has 0 atom stereocenters. The average Bonchev–Trinajstić information content (AvgIpc) is 2.46. The molecule has 106 valence electrons. The van der Waals surface area contributed by atoms with Crippen LogP contribution in [0.1, 0.15) is 11.1 Å². The van der Waals surface area contributed by atoms with E-state index in [1.165, 1.54) is 5.56 Å². The third-order valence-corrected chi connectivity index (χ3v) is 4.14. The lowest BCUT2D eigenvalue weighted by Gasteiger charge is -2.11. The van der Waals surface area contributed by atoms with Gasteiger partial charge in [0.05, 0.1) is 11.2 Å². The summed E-state index contributed by atoms with van der Waals surface area (Å²) in [6, 6.07) is 14.3. The zero-order valence-electron chi connectivity index (χ0n) is 11.5. The molecule has 3 aromatic rings. The van der Waals surface area contributed by atoms with Gasteiger partial charge in [0.2, 0.25) is 0 Å². The number of aromatic nitrogens is 1. The summed E-state index contributed by atoms with van der Waals surface area (Å²) in [5, 5.41) is 5.31. The van der Waals surface area contributed by atoms with Gasteiger partial charge in [-0.25, -0.2) is 0 Å². The van der Waals surface area contributed by atoms with E-state index in [-0.39, 0.29) is 0 Å². The Kier molecular flexibility index (Phi) is 4.13. The highest BCUT2D eigenvalue weighted by Gasteiger charge is 2.05. The first-order chi connectivity index (χ1) is 10.1. The predicted octanol–water partition coefficient (Wildman–Crippen LogP) is 5.57. The fourth-order valence-corrected chi connectivity index (χ4v) is 2.91. The molecule has 0 spiro atoms. The van der Waals surface area contributed by atoms with E-state index in [1.54, 1.807) is 0 Å². The summed E-state index contributed by atoms with van der Waals surface area (Å²) < 4.78 is 0.980. The predicted molar refractivity (Wildman–Crippen MR) is 93.0 cm³/mol. The molecule has 4 heteroatoms. The minimum absolute atomic E-state index is 0.677. The normalized spacial score (nSPS) is 10.8. The topological polar surface area (TPSA) is 24.9 Å². The highest BCUT2D eigenvalue weighted by Crippen LogP contribution is 2.25. The minimum Gasteiger partial charge on any atom is -0.379 e. The minimum atomic E-state index is 0.677. The van der Waals surface area contributed by atoms with Gasteiger partial charge in [0.15, 0.2) is 0 Å². The van der Waals surface area contributed by atoms with Crippen molar-refractivity contribution < 1.29 is 0 Å². The van der Waals surface area contributed by atoms with Crippen LogP contribution in [0, 0.1) is 6.92 Å². The number of hydrogen-bond donors (Lipinski definition) is 1. The van der Waals surface area contributed by atoms with Gasteiger partial charge in [0.1, 0.15) is 0 Å². The Morgan fingerprint density at radius 3 is 2.86 bits per heavy atom. The largest absolute Gasteiger partial charge is 0.379 e. The maximum atomic E-state index is 6.27. The molecule has 0 aliphatic heterocycles. The number of pyridine rings is 1. The quantitative estimate of drug-likeness (QED) is 0.659. The summed E-state index contributed by atoms with van der Waals surface area (Å²) >= 11 is 9.72. The van der Waals surface area contributed by atoms with Gasteiger partial charge in [-0.15, -0.1) is 0 Å². The SMILES string of the molecule is Cc1ccc(CNc2cccc3cc(Br)cnc23)c(Cl)c1. The zero-order chi connectivity index (χ0) is 14.8. The first-order valence-electron chi connectivity index (χ1n) is 6.66. The summed E-state index contributed by atoms with van der Waals surface area (Å²) in [6.45, 7) is 2.71. The molecule has 0 amide bonds. The van der Waals surface area contributed by atoms with Gasteiger partial charge in [0, 0.05) is 27.6 Å². The van der Waals surface area contributed by atoms with Crippen LogP contribution in [0.5, 0.6) is 0 Å². The summed E-state index contributed by atoms with van der Waals surface area (Å²) in [6.07, 6.45) is 1.81. The number of nitrogens with zero attached hydrogens (tertiary/aromatic N) is 1. The van der Waals surface area contributed by atoms with Gasteiger partial charge in [-0.2, -0.15) is 0 Å². The van der Waals surface area contributed by atoms with Gasteiger partial charge in [-0.1, -0.05) is 35.9 Å². The second-order valence-electron chi connectivity index (χ2n) is 4.98. The molecule has 2 aromatic carbocycles. The van der Waals surface area contributed by atoms with Gasteiger partial charge in [-0.05, 0) is 52.2 Å². The Hall–Kier alpha value is -1.58. The van der Waals surface area contributed by atoms with Crippen molar-refractivity contribution in [2.75, 3.05) is 5.32 Å². The van der Waals surface area contributed by atoms with Crippen molar-refractivity contribution in [2.45, 2.75) is 13.5 Å². The molecule has 21 heavy (non-hydrogen) atoms. The molecule has 0 aliphatic carbocycles. The number of halogens is 2. The van der Waals surface area contributed by atoms with Crippen molar-refractivity contribution in [1.82, 2.24) is 4.98 Å². The maximum Gasteiger partial charge on any atom is 0.0934 e. The van der Waals surface area contributed by atoms with E-state index in [0.29, 0.717) is 6.54 Å². The second kappa shape index (κ2) is 6.04. The lowest BCUT2D eigenvalue weighted by Crippen LogP contribution is -2.01. The van der Waals surface area contributed by atoms with Gasteiger partial charge >= 0.3 is 0 Å². The molecule has 1 aromatic heterocycles. The molecule has 0 saturated carbocycles. The number of aryl methyl sites for hydroxylation is 1. The molecule has 0 radical (unpaired) electrons. The fourth-order valence-electron chi connectivity index (χ4n) is 2.26. The monoisotopic (exact) mass is 360 g/mol.